The van der Waals surface area contributed by atoms with E-state index in [4.69, 9.17) is 9.72 Å². The fraction of sp³-hybridized carbons (Fsp3) is 0.290. The number of aromatic nitrogens is 2. The second-order valence-electron chi connectivity index (χ2n) is 9.52. The van der Waals surface area contributed by atoms with E-state index in [1.165, 1.54) is 11.6 Å². The van der Waals surface area contributed by atoms with Gasteiger partial charge in [0, 0.05) is 36.5 Å². The Bertz CT molecular complexity index is 1410. The molecule has 0 bridgehead atoms. The number of halogens is 3. The van der Waals surface area contributed by atoms with Crippen molar-refractivity contribution in [1.29, 1.82) is 0 Å². The molecule has 1 aliphatic carbocycles. The van der Waals surface area contributed by atoms with Crippen LogP contribution in [-0.4, -0.2) is 36.3 Å². The summed E-state index contributed by atoms with van der Waals surface area (Å²) in [5.74, 6) is 0.0122. The first-order valence-corrected chi connectivity index (χ1v) is 13.2. The largest absolute Gasteiger partial charge is 0.416 e. The summed E-state index contributed by atoms with van der Waals surface area (Å²) in [6.45, 7) is 5.14. The van der Waals surface area contributed by atoms with Crippen molar-refractivity contribution in [2.75, 3.05) is 31.6 Å². The number of hydrogen-bond donors (Lipinski definition) is 2. The Morgan fingerprint density at radius 1 is 0.923 bits per heavy atom. The van der Waals surface area contributed by atoms with Crippen molar-refractivity contribution in [2.24, 2.45) is 0 Å². The van der Waals surface area contributed by atoms with E-state index in [1.807, 2.05) is 43.3 Å². The van der Waals surface area contributed by atoms with Gasteiger partial charge in [0.15, 0.2) is 0 Å². The van der Waals surface area contributed by atoms with Gasteiger partial charge >= 0.3 is 6.18 Å². The summed E-state index contributed by atoms with van der Waals surface area (Å²) in [6, 6.07) is 21.5. The molecular weight excluding hydrogens is 501 g/mol. The summed E-state index contributed by atoms with van der Waals surface area (Å²) in [5, 5.41) is 6.64. The predicted octanol–water partition coefficient (Wildman–Crippen LogP) is 6.76. The molecule has 1 aromatic heterocycles. The zero-order valence-electron chi connectivity index (χ0n) is 21.8. The summed E-state index contributed by atoms with van der Waals surface area (Å²) in [6.07, 6.45) is -1.39. The first-order chi connectivity index (χ1) is 18.9. The van der Waals surface area contributed by atoms with Gasteiger partial charge in [0.05, 0.1) is 17.9 Å². The normalized spacial score (nSPS) is 14.5. The van der Waals surface area contributed by atoms with Gasteiger partial charge in [-0.25, -0.2) is 9.97 Å². The summed E-state index contributed by atoms with van der Waals surface area (Å²) < 4.78 is 46.8. The molecule has 0 radical (unpaired) electrons. The zero-order valence-corrected chi connectivity index (χ0v) is 21.8. The van der Waals surface area contributed by atoms with Crippen LogP contribution in [0.4, 0.5) is 24.8 Å². The summed E-state index contributed by atoms with van der Waals surface area (Å²) in [7, 11) is 0. The molecule has 1 unspecified atom stereocenters. The van der Waals surface area contributed by atoms with E-state index in [1.54, 1.807) is 18.3 Å². The fourth-order valence-corrected chi connectivity index (χ4v) is 5.06. The highest BCUT2D eigenvalue weighted by molar-refractivity contribution is 5.73. The molecule has 5 rings (SSSR count). The molecule has 0 saturated carbocycles. The molecule has 0 fully saturated rings. The maximum absolute atomic E-state index is 13.8. The van der Waals surface area contributed by atoms with Crippen LogP contribution in [0.25, 0.3) is 11.3 Å². The molecule has 3 aromatic carbocycles. The van der Waals surface area contributed by atoms with Gasteiger partial charge < -0.3 is 15.4 Å². The standard InChI is InChI=1S/C31H31F3N4O/c1-2-39-18-17-35-16-15-21-11-13-23(14-12-21)37-30-36-20-22-19-27(24-7-3-4-9-26(24)29(22)38-30)25-8-5-6-10-28(25)31(32,33)34/h3-14,20,27,35H,2,15-19H2,1H3,(H,36,37,38). The Morgan fingerprint density at radius 2 is 1.67 bits per heavy atom. The lowest BCUT2D eigenvalue weighted by atomic mass is 9.76. The molecule has 1 atom stereocenters. The van der Waals surface area contributed by atoms with Crippen LogP contribution in [0.15, 0.2) is 79.0 Å². The first kappa shape index (κ1) is 26.8. The lowest BCUT2D eigenvalue weighted by Crippen LogP contribution is -2.22. The first-order valence-electron chi connectivity index (χ1n) is 13.2. The summed E-state index contributed by atoms with van der Waals surface area (Å²) >= 11 is 0. The minimum Gasteiger partial charge on any atom is -0.380 e. The highest BCUT2D eigenvalue weighted by Crippen LogP contribution is 2.45. The third-order valence-corrected chi connectivity index (χ3v) is 6.95. The smallest absolute Gasteiger partial charge is 0.380 e. The Balaban J connectivity index is 1.33. The number of nitrogens with zero attached hydrogens (tertiary/aromatic N) is 2. The van der Waals surface area contributed by atoms with Crippen LogP contribution in [0.5, 0.6) is 0 Å². The van der Waals surface area contributed by atoms with Crippen molar-refractivity contribution in [3.63, 3.8) is 0 Å². The number of rotatable bonds is 10. The fourth-order valence-electron chi connectivity index (χ4n) is 5.06. The molecule has 202 valence electrons. The van der Waals surface area contributed by atoms with Crippen molar-refractivity contribution < 1.29 is 17.9 Å². The number of ether oxygens (including phenoxy) is 1. The Labute approximate surface area is 226 Å². The van der Waals surface area contributed by atoms with Crippen molar-refractivity contribution in [3.05, 3.63) is 107 Å². The molecule has 0 saturated heterocycles. The minimum absolute atomic E-state index is 0.273. The molecule has 1 aliphatic rings. The number of hydrogen-bond acceptors (Lipinski definition) is 5. The lowest BCUT2D eigenvalue weighted by molar-refractivity contribution is -0.138. The second kappa shape index (κ2) is 12.0. The molecule has 0 amide bonds. The molecule has 1 heterocycles. The maximum atomic E-state index is 13.8. The summed E-state index contributed by atoms with van der Waals surface area (Å²) in [4.78, 5) is 9.29. The topological polar surface area (TPSA) is 59.1 Å². The van der Waals surface area contributed by atoms with Crippen LogP contribution < -0.4 is 10.6 Å². The van der Waals surface area contributed by atoms with Crippen LogP contribution in [0.1, 0.15) is 40.7 Å². The molecule has 39 heavy (non-hydrogen) atoms. The monoisotopic (exact) mass is 532 g/mol. The minimum atomic E-state index is -4.42. The molecule has 2 N–H and O–H groups in total. The molecule has 5 nitrogen and oxygen atoms in total. The van der Waals surface area contributed by atoms with Crippen LogP contribution >= 0.6 is 0 Å². The van der Waals surface area contributed by atoms with Gasteiger partial charge in [-0.05, 0) is 66.8 Å². The predicted molar refractivity (Wildman–Crippen MR) is 147 cm³/mol. The van der Waals surface area contributed by atoms with Crippen molar-refractivity contribution >= 4 is 11.6 Å². The van der Waals surface area contributed by atoms with Gasteiger partial charge in [-0.2, -0.15) is 13.2 Å². The summed E-state index contributed by atoms with van der Waals surface area (Å²) in [5.41, 5.74) is 5.00. The van der Waals surface area contributed by atoms with E-state index >= 15 is 0 Å². The molecule has 4 aromatic rings. The van der Waals surface area contributed by atoms with Gasteiger partial charge in [-0.1, -0.05) is 54.6 Å². The third-order valence-electron chi connectivity index (χ3n) is 6.95. The van der Waals surface area contributed by atoms with Gasteiger partial charge in [0.1, 0.15) is 0 Å². The van der Waals surface area contributed by atoms with E-state index < -0.39 is 17.7 Å². The van der Waals surface area contributed by atoms with E-state index in [-0.39, 0.29) is 5.56 Å². The zero-order chi connectivity index (χ0) is 27.2. The van der Waals surface area contributed by atoms with E-state index in [2.05, 4.69) is 27.8 Å². The number of alkyl halides is 3. The Kier molecular flexibility index (Phi) is 8.24. The number of fused-ring (bicyclic) bond motifs is 3. The third kappa shape index (κ3) is 6.29. The van der Waals surface area contributed by atoms with Crippen LogP contribution in [0.3, 0.4) is 0 Å². The van der Waals surface area contributed by atoms with Crippen molar-refractivity contribution in [1.82, 2.24) is 15.3 Å². The molecule has 8 heteroatoms. The van der Waals surface area contributed by atoms with E-state index in [9.17, 15) is 13.2 Å². The maximum Gasteiger partial charge on any atom is 0.416 e. The van der Waals surface area contributed by atoms with Gasteiger partial charge in [-0.15, -0.1) is 0 Å². The quantitative estimate of drug-likeness (QED) is 0.221. The van der Waals surface area contributed by atoms with E-state index in [0.717, 1.165) is 60.3 Å². The van der Waals surface area contributed by atoms with Crippen molar-refractivity contribution in [2.45, 2.75) is 31.9 Å². The number of nitrogens with one attached hydrogen (secondary N) is 2. The SMILES string of the molecule is CCOCCNCCc1ccc(Nc2ncc3c(n2)-c2ccccc2C(c2ccccc2C(F)(F)F)C3)cc1. The highest BCUT2D eigenvalue weighted by atomic mass is 19.4. The Morgan fingerprint density at radius 3 is 2.44 bits per heavy atom. The number of anilines is 2. The second-order valence-corrected chi connectivity index (χ2v) is 9.52. The van der Waals surface area contributed by atoms with Crippen molar-refractivity contribution in [3.8, 4) is 11.3 Å². The van der Waals surface area contributed by atoms with Gasteiger partial charge in [-0.3, -0.25) is 0 Å². The average molecular weight is 533 g/mol. The highest BCUT2D eigenvalue weighted by Gasteiger charge is 2.37. The van der Waals surface area contributed by atoms with Gasteiger partial charge in [0.25, 0.3) is 0 Å². The Hall–Kier alpha value is -3.75. The van der Waals surface area contributed by atoms with Crippen LogP contribution in [0, 0.1) is 0 Å². The van der Waals surface area contributed by atoms with E-state index in [0.29, 0.717) is 19.0 Å². The average Bonchev–Trinajstić information content (AvgIpc) is 2.95. The van der Waals surface area contributed by atoms with Gasteiger partial charge in [0.2, 0.25) is 5.95 Å². The van der Waals surface area contributed by atoms with Crippen LogP contribution in [-0.2, 0) is 23.8 Å². The number of benzene rings is 3. The molecular formula is C31H31F3N4O. The lowest BCUT2D eigenvalue weighted by Gasteiger charge is -2.29. The van der Waals surface area contributed by atoms with Crippen LogP contribution in [0.2, 0.25) is 0 Å². The molecule has 0 aliphatic heterocycles. The molecule has 0 spiro atoms.